The fourth-order valence-corrected chi connectivity index (χ4v) is 4.13. The van der Waals surface area contributed by atoms with Gasteiger partial charge in [-0.3, -0.25) is 0 Å². The van der Waals surface area contributed by atoms with Crippen LogP contribution in [0, 0.1) is 0 Å². The molecule has 0 saturated heterocycles. The highest BCUT2D eigenvalue weighted by Gasteiger charge is 2.11. The minimum absolute atomic E-state index is 0.415. The lowest BCUT2D eigenvalue weighted by Crippen LogP contribution is -2.01. The van der Waals surface area contributed by atoms with E-state index >= 15 is 0 Å². The summed E-state index contributed by atoms with van der Waals surface area (Å²) in [5, 5.41) is 2.59. The molecule has 0 aliphatic carbocycles. The molecule has 0 bridgehead atoms. The molecule has 2 heteroatoms. The monoisotopic (exact) mass is 260 g/mol. The van der Waals surface area contributed by atoms with Gasteiger partial charge in [0.2, 0.25) is 0 Å². The molecule has 0 heterocycles. The fourth-order valence-electron chi connectivity index (χ4n) is 1.44. The van der Waals surface area contributed by atoms with Crippen LogP contribution in [0.25, 0.3) is 0 Å². The summed E-state index contributed by atoms with van der Waals surface area (Å²) >= 11 is 4.48. The Bertz CT molecular complexity index is 418. The topological polar surface area (TPSA) is 0 Å². The average Bonchev–Trinajstić information content (AvgIpc) is 2.38. The maximum Gasteiger partial charge on any atom is 0.0186 e. The van der Waals surface area contributed by atoms with Gasteiger partial charge >= 0.3 is 0 Å². The Hall–Kier alpha value is -1.04. The number of hydrogen-bond acceptors (Lipinski definition) is 1. The Morgan fingerprint density at radius 2 is 1.88 bits per heavy atom. The van der Waals surface area contributed by atoms with Crippen LogP contribution >= 0.6 is 20.6 Å². The molecule has 0 nitrogen and oxygen atoms in total. The van der Waals surface area contributed by atoms with E-state index in [9.17, 15) is 0 Å². The molecule has 88 valence electrons. The van der Waals surface area contributed by atoms with Gasteiger partial charge in [-0.1, -0.05) is 73.9 Å². The Morgan fingerprint density at radius 3 is 2.41 bits per heavy atom. The number of allylic oxidation sites excluding steroid dienone is 6. The third-order valence-corrected chi connectivity index (χ3v) is 5.19. The highest BCUT2D eigenvalue weighted by atomic mass is 32.1. The Morgan fingerprint density at radius 1 is 1.18 bits per heavy atom. The van der Waals surface area contributed by atoms with Crippen LogP contribution in [-0.2, 0) is 0 Å². The van der Waals surface area contributed by atoms with Crippen molar-refractivity contribution >= 4 is 25.9 Å². The quantitative estimate of drug-likeness (QED) is 0.435. The van der Waals surface area contributed by atoms with Crippen molar-refractivity contribution < 1.29 is 0 Å². The first-order valence-corrected chi connectivity index (χ1v) is 7.54. The third-order valence-electron chi connectivity index (χ3n) is 2.21. The molecule has 0 amide bonds. The maximum absolute atomic E-state index is 4.48. The number of benzene rings is 1. The standard InChI is InChI=1S/C15H17PS/c1-3-5-10-14(9-4-2)16(13-17)15-11-7-6-8-12-15/h3-12,17H,1-2,13H2/b10-5-,14-9+. The first-order valence-electron chi connectivity index (χ1n) is 5.38. The Labute approximate surface area is 111 Å². The predicted molar refractivity (Wildman–Crippen MR) is 84.5 cm³/mol. The molecule has 0 radical (unpaired) electrons. The SMILES string of the molecule is C=C/C=C\C(=C/C=C)P(CS)c1ccccc1. The van der Waals surface area contributed by atoms with Gasteiger partial charge in [-0.15, -0.1) is 0 Å². The summed E-state index contributed by atoms with van der Waals surface area (Å²) in [6, 6.07) is 10.5. The molecular weight excluding hydrogens is 243 g/mol. The van der Waals surface area contributed by atoms with E-state index in [1.807, 2.05) is 18.2 Å². The second-order valence-corrected chi connectivity index (χ2v) is 6.35. The van der Waals surface area contributed by atoms with Gasteiger partial charge in [-0.05, 0) is 18.5 Å². The first-order chi connectivity index (χ1) is 8.33. The summed E-state index contributed by atoms with van der Waals surface area (Å²) < 4.78 is 0. The van der Waals surface area contributed by atoms with Crippen LogP contribution in [0.2, 0.25) is 0 Å². The van der Waals surface area contributed by atoms with Gasteiger partial charge in [0, 0.05) is 5.49 Å². The summed E-state index contributed by atoms with van der Waals surface area (Å²) in [6.07, 6.45) is 9.70. The van der Waals surface area contributed by atoms with Gasteiger partial charge < -0.3 is 0 Å². The van der Waals surface area contributed by atoms with E-state index < -0.39 is 7.92 Å². The first kappa shape index (κ1) is 14.0. The fraction of sp³-hybridized carbons (Fsp3) is 0.0667. The van der Waals surface area contributed by atoms with E-state index in [4.69, 9.17) is 0 Å². The van der Waals surface area contributed by atoms with Crippen LogP contribution in [0.3, 0.4) is 0 Å². The molecule has 0 N–H and O–H groups in total. The van der Waals surface area contributed by atoms with Gasteiger partial charge in [0.15, 0.2) is 0 Å². The molecule has 0 aliphatic rings. The minimum Gasteiger partial charge on any atom is -0.174 e. The summed E-state index contributed by atoms with van der Waals surface area (Å²) in [6.45, 7) is 7.47. The smallest absolute Gasteiger partial charge is 0.0186 e. The molecule has 1 aromatic carbocycles. The molecule has 1 rings (SSSR count). The predicted octanol–water partition coefficient (Wildman–Crippen LogP) is 4.49. The highest BCUT2D eigenvalue weighted by Crippen LogP contribution is 2.45. The van der Waals surface area contributed by atoms with Crippen LogP contribution in [0.5, 0.6) is 0 Å². The van der Waals surface area contributed by atoms with Crippen molar-refractivity contribution in [1.82, 2.24) is 0 Å². The van der Waals surface area contributed by atoms with E-state index in [1.165, 1.54) is 10.6 Å². The number of thiol groups is 1. The molecule has 0 aliphatic heterocycles. The van der Waals surface area contributed by atoms with Gasteiger partial charge in [0.05, 0.1) is 0 Å². The Kier molecular flexibility index (Phi) is 6.69. The normalized spacial score (nSPS) is 13.6. The van der Waals surface area contributed by atoms with Crippen LogP contribution in [0.15, 0.2) is 79.2 Å². The molecule has 0 saturated carbocycles. The Balaban J connectivity index is 3.06. The largest absolute Gasteiger partial charge is 0.174 e. The minimum atomic E-state index is -0.415. The van der Waals surface area contributed by atoms with Crippen molar-refractivity contribution in [3.63, 3.8) is 0 Å². The van der Waals surface area contributed by atoms with Gasteiger partial charge in [0.1, 0.15) is 0 Å². The van der Waals surface area contributed by atoms with Crippen LogP contribution in [0.4, 0.5) is 0 Å². The van der Waals surface area contributed by atoms with Crippen molar-refractivity contribution in [2.45, 2.75) is 0 Å². The molecule has 0 aromatic heterocycles. The lowest BCUT2D eigenvalue weighted by atomic mass is 10.4. The van der Waals surface area contributed by atoms with E-state index in [2.05, 4.69) is 62.2 Å². The zero-order valence-corrected chi connectivity index (χ0v) is 11.6. The number of hydrogen-bond donors (Lipinski definition) is 1. The molecule has 0 fully saturated rings. The molecule has 1 atom stereocenters. The molecule has 1 unspecified atom stereocenters. The zero-order valence-electron chi connectivity index (χ0n) is 9.79. The maximum atomic E-state index is 4.48. The van der Waals surface area contributed by atoms with E-state index in [-0.39, 0.29) is 0 Å². The van der Waals surface area contributed by atoms with Crippen LogP contribution in [0.1, 0.15) is 0 Å². The lowest BCUT2D eigenvalue weighted by molar-refractivity contribution is 1.75. The average molecular weight is 260 g/mol. The van der Waals surface area contributed by atoms with Crippen molar-refractivity contribution in [2.24, 2.45) is 0 Å². The number of rotatable bonds is 6. The van der Waals surface area contributed by atoms with E-state index in [0.717, 1.165) is 5.49 Å². The third kappa shape index (κ3) is 4.38. The van der Waals surface area contributed by atoms with Crippen LogP contribution < -0.4 is 5.30 Å². The summed E-state index contributed by atoms with van der Waals surface area (Å²) in [5.41, 5.74) is 0.834. The zero-order chi connectivity index (χ0) is 12.5. The van der Waals surface area contributed by atoms with Crippen molar-refractivity contribution in [3.8, 4) is 0 Å². The summed E-state index contributed by atoms with van der Waals surface area (Å²) in [4.78, 5) is 0. The summed E-state index contributed by atoms with van der Waals surface area (Å²) in [7, 11) is -0.415. The van der Waals surface area contributed by atoms with E-state index in [0.29, 0.717) is 0 Å². The second kappa shape index (κ2) is 8.11. The molecule has 17 heavy (non-hydrogen) atoms. The van der Waals surface area contributed by atoms with Crippen LogP contribution in [-0.4, -0.2) is 5.49 Å². The van der Waals surface area contributed by atoms with Gasteiger partial charge in [-0.2, -0.15) is 12.6 Å². The highest BCUT2D eigenvalue weighted by molar-refractivity contribution is 7.92. The summed E-state index contributed by atoms with van der Waals surface area (Å²) in [5.74, 6) is 0. The molecule has 1 aromatic rings. The molecule has 0 spiro atoms. The van der Waals surface area contributed by atoms with Gasteiger partial charge in [-0.25, -0.2) is 0 Å². The second-order valence-electron chi connectivity index (χ2n) is 3.33. The van der Waals surface area contributed by atoms with Gasteiger partial charge in [0.25, 0.3) is 0 Å². The van der Waals surface area contributed by atoms with E-state index in [1.54, 1.807) is 6.08 Å². The van der Waals surface area contributed by atoms with Crippen molar-refractivity contribution in [1.29, 1.82) is 0 Å². The van der Waals surface area contributed by atoms with Crippen molar-refractivity contribution in [2.75, 3.05) is 5.49 Å². The lowest BCUT2D eigenvalue weighted by Gasteiger charge is -2.16. The molecular formula is C15H17PS. The van der Waals surface area contributed by atoms with Crippen molar-refractivity contribution in [3.05, 3.63) is 79.2 Å².